The maximum Gasteiger partial charge on any atom is 0.400 e. The molecule has 4 aromatic carbocycles. The van der Waals surface area contributed by atoms with Crippen molar-refractivity contribution in [3.05, 3.63) is 113 Å². The van der Waals surface area contributed by atoms with Gasteiger partial charge >= 0.3 is 24.0 Å². The number of oxazole rings is 1. The Morgan fingerprint density at radius 2 is 1.15 bits per heavy atom. The Kier molecular flexibility index (Phi) is 18.4. The Morgan fingerprint density at radius 1 is 0.722 bits per heavy atom. The summed E-state index contributed by atoms with van der Waals surface area (Å²) >= 11 is 40.3. The first-order valence-electron chi connectivity index (χ1n) is 14.4. The van der Waals surface area contributed by atoms with Crippen molar-refractivity contribution in [2.24, 2.45) is 0 Å². The number of rotatable bonds is 9. The number of carbonyl (C=O) groups is 3. The second-order valence-electron chi connectivity index (χ2n) is 10.3. The van der Waals surface area contributed by atoms with Crippen LogP contribution < -0.4 is 9.47 Å². The molecule has 0 radical (unpaired) electrons. The van der Waals surface area contributed by atoms with Gasteiger partial charge in [-0.25, -0.2) is 4.79 Å². The lowest BCUT2D eigenvalue weighted by Gasteiger charge is -2.10. The molecular weight excluding hydrogens is 883 g/mol. The fourth-order valence-corrected chi connectivity index (χ4v) is 5.15. The third-order valence-corrected chi connectivity index (χ3v) is 8.58. The molecule has 290 valence electrons. The second kappa shape index (κ2) is 21.4. The molecule has 0 aliphatic heterocycles. The Labute approximate surface area is 342 Å². The van der Waals surface area contributed by atoms with Crippen LogP contribution in [0.2, 0.25) is 35.2 Å². The van der Waals surface area contributed by atoms with Crippen molar-refractivity contribution in [3.63, 3.8) is 0 Å². The molecule has 54 heavy (non-hydrogen) atoms. The van der Waals surface area contributed by atoms with Crippen LogP contribution in [0.3, 0.4) is 0 Å². The summed E-state index contributed by atoms with van der Waals surface area (Å²) in [5, 5.41) is 28.1. The van der Waals surface area contributed by atoms with Gasteiger partial charge in [-0.3, -0.25) is 14.1 Å². The van der Waals surface area contributed by atoms with E-state index in [1.165, 1.54) is 31.2 Å². The number of benzene rings is 4. The third-order valence-electron chi connectivity index (χ3n) is 5.95. The molecule has 0 saturated heterocycles. The Bertz CT molecular complexity index is 2140. The van der Waals surface area contributed by atoms with Crippen LogP contribution in [-0.2, 0) is 37.3 Å². The van der Waals surface area contributed by atoms with Crippen molar-refractivity contribution in [2.75, 3.05) is 6.26 Å². The van der Waals surface area contributed by atoms with Gasteiger partial charge in [-0.15, -0.1) is 0 Å². The maximum absolute atomic E-state index is 10.7. The molecule has 0 amide bonds. The lowest BCUT2D eigenvalue weighted by molar-refractivity contribution is -0.144. The summed E-state index contributed by atoms with van der Waals surface area (Å²) in [4.78, 5) is 35.8. The highest BCUT2D eigenvalue weighted by Crippen LogP contribution is 2.33. The Morgan fingerprint density at radius 3 is 1.57 bits per heavy atom. The number of aliphatic carboxylic acids is 3. The first kappa shape index (κ1) is 46.5. The van der Waals surface area contributed by atoms with Crippen LogP contribution in [-0.4, -0.2) is 63.5 Å². The highest BCUT2D eigenvalue weighted by atomic mass is 35.5. The number of fused-ring (bicyclic) bond motifs is 1. The summed E-state index contributed by atoms with van der Waals surface area (Å²) in [7, 11) is -3.67. The molecule has 5 aromatic rings. The molecule has 5 rings (SSSR count). The first-order valence-corrected chi connectivity index (χ1v) is 18.9. The molecule has 1 heterocycles. The van der Waals surface area contributed by atoms with E-state index >= 15 is 0 Å². The molecule has 0 spiro atoms. The zero-order valence-corrected chi connectivity index (χ0v) is 33.5. The molecular formula is C33H26Cl7NO12S. The van der Waals surface area contributed by atoms with Crippen LogP contribution in [0.4, 0.5) is 0 Å². The number of halogens is 7. The largest absolute Gasteiger partial charge is 0.481 e. The van der Waals surface area contributed by atoms with Gasteiger partial charge < -0.3 is 29.2 Å². The van der Waals surface area contributed by atoms with Crippen LogP contribution in [0.5, 0.6) is 17.6 Å². The second-order valence-corrected chi connectivity index (χ2v) is 14.6. The van der Waals surface area contributed by atoms with Gasteiger partial charge in [-0.2, -0.15) is 13.4 Å². The van der Waals surface area contributed by atoms with Crippen LogP contribution in [0.25, 0.3) is 11.1 Å². The number of nitrogens with zero attached hydrogens (tertiary/aromatic N) is 1. The normalized spacial score (nSPS) is 11.1. The van der Waals surface area contributed by atoms with Gasteiger partial charge in [0.1, 0.15) is 17.0 Å². The third kappa shape index (κ3) is 16.3. The number of ether oxygens (including phenoxy) is 2. The van der Waals surface area contributed by atoms with Gasteiger partial charge in [0.05, 0.1) is 39.2 Å². The Hall–Kier alpha value is -3.70. The van der Waals surface area contributed by atoms with E-state index < -0.39 is 34.1 Å². The smallest absolute Gasteiger partial charge is 0.400 e. The fraction of sp³-hybridized carbons (Fsp3) is 0.152. The molecule has 1 aromatic heterocycles. The summed E-state index contributed by atoms with van der Waals surface area (Å²) < 4.78 is 42.1. The number of carboxylic acid groups (broad SMARTS) is 3. The summed E-state index contributed by atoms with van der Waals surface area (Å²) in [5.74, 6) is -2.11. The lowest BCUT2D eigenvalue weighted by atomic mass is 10.1. The zero-order chi connectivity index (χ0) is 40.9. The van der Waals surface area contributed by atoms with E-state index in [0.29, 0.717) is 65.1 Å². The predicted octanol–water partition coefficient (Wildman–Crippen LogP) is 10.2. The zero-order valence-electron chi connectivity index (χ0n) is 27.4. The monoisotopic (exact) mass is 905 g/mol. The molecule has 0 aliphatic rings. The van der Waals surface area contributed by atoms with Crippen molar-refractivity contribution in [2.45, 2.75) is 25.9 Å². The van der Waals surface area contributed by atoms with Crippen LogP contribution in [0.1, 0.15) is 18.1 Å². The molecule has 4 N–H and O–H groups in total. The van der Waals surface area contributed by atoms with E-state index in [9.17, 15) is 22.8 Å². The van der Waals surface area contributed by atoms with Gasteiger partial charge in [-0.1, -0.05) is 81.2 Å². The van der Waals surface area contributed by atoms with Crippen LogP contribution in [0, 0.1) is 0 Å². The SMILES string of the molecule is CC(Oc1ccc(Oc2nc3ccc(Cl)cc3o2)cc1)C(=O)O.CS(=O)(=O)O.O=C(O)Cc1c(Cl)ccc(Cl)c1Cl.O=C(O)Cc1c(Cl)ccc(Cl)c1Cl. The molecule has 0 bridgehead atoms. The highest BCUT2D eigenvalue weighted by molar-refractivity contribution is 7.85. The summed E-state index contributed by atoms with van der Waals surface area (Å²) in [6, 6.07) is 17.7. The molecule has 1 atom stereocenters. The van der Waals surface area contributed by atoms with E-state index in [4.69, 9.17) is 115 Å². The van der Waals surface area contributed by atoms with Gasteiger partial charge in [0.25, 0.3) is 10.1 Å². The molecule has 0 fully saturated rings. The quantitative estimate of drug-likeness (QED) is 0.0802. The molecule has 0 saturated carbocycles. The summed E-state index contributed by atoms with van der Waals surface area (Å²) in [6.07, 6.45) is -0.568. The van der Waals surface area contributed by atoms with Crippen molar-refractivity contribution in [1.29, 1.82) is 0 Å². The van der Waals surface area contributed by atoms with Crippen molar-refractivity contribution in [3.8, 4) is 17.6 Å². The van der Waals surface area contributed by atoms with Crippen LogP contribution in [0.15, 0.2) is 71.1 Å². The van der Waals surface area contributed by atoms with Crippen molar-refractivity contribution < 1.29 is 56.6 Å². The summed E-state index contributed by atoms with van der Waals surface area (Å²) in [5.41, 5.74) is 1.87. The minimum atomic E-state index is -3.67. The van der Waals surface area contributed by atoms with Gasteiger partial charge in [0.2, 0.25) is 0 Å². The Balaban J connectivity index is 0.000000279. The topological polar surface area (TPSA) is 211 Å². The standard InChI is InChI=1S/C16H12ClNO5.2C8H5Cl3O2.CH4O3S/c1-9(15(19)20)21-11-3-5-12(6-4-11)22-16-18-13-7-2-10(17)8-14(13)23-16;2*9-5-1-2-6(10)8(11)4(5)3-7(12)13;1-5(2,3)4/h2-9H,1H3,(H,19,20);2*1-2H,3H2,(H,12,13);1H3,(H,2,3,4). The van der Waals surface area contributed by atoms with Gasteiger partial charge in [0, 0.05) is 32.3 Å². The van der Waals surface area contributed by atoms with Crippen molar-refractivity contribution >= 4 is 120 Å². The van der Waals surface area contributed by atoms with E-state index in [0.717, 1.165) is 0 Å². The highest BCUT2D eigenvalue weighted by Gasteiger charge is 2.15. The predicted molar refractivity (Wildman–Crippen MR) is 206 cm³/mol. The molecule has 21 heteroatoms. The number of hydrogen-bond acceptors (Lipinski definition) is 9. The number of hydrogen-bond donors (Lipinski definition) is 4. The van der Waals surface area contributed by atoms with E-state index in [-0.39, 0.29) is 29.0 Å². The van der Waals surface area contributed by atoms with Gasteiger partial charge in [-0.05, 0) is 67.6 Å². The summed E-state index contributed by atoms with van der Waals surface area (Å²) in [6.45, 7) is 1.45. The van der Waals surface area contributed by atoms with E-state index in [1.807, 2.05) is 0 Å². The van der Waals surface area contributed by atoms with E-state index in [1.54, 1.807) is 42.5 Å². The maximum atomic E-state index is 10.7. The number of carboxylic acids is 3. The number of aromatic nitrogens is 1. The molecule has 1 unspecified atom stereocenters. The fourth-order valence-electron chi connectivity index (χ4n) is 3.63. The van der Waals surface area contributed by atoms with E-state index in [2.05, 4.69) is 4.98 Å². The first-order chi connectivity index (χ1) is 25.0. The van der Waals surface area contributed by atoms with Gasteiger partial charge in [0.15, 0.2) is 11.7 Å². The van der Waals surface area contributed by atoms with Crippen molar-refractivity contribution in [1.82, 2.24) is 4.98 Å². The molecule has 13 nitrogen and oxygen atoms in total. The minimum Gasteiger partial charge on any atom is -0.481 e. The average molecular weight is 909 g/mol. The van der Waals surface area contributed by atoms with Crippen LogP contribution >= 0.6 is 81.2 Å². The average Bonchev–Trinajstić information content (AvgIpc) is 3.47. The lowest BCUT2D eigenvalue weighted by Crippen LogP contribution is -2.22. The minimum absolute atomic E-state index is 0.0924. The molecule has 0 aliphatic carbocycles.